The Bertz CT molecular complexity index is 1330. The van der Waals surface area contributed by atoms with E-state index in [9.17, 15) is 13.2 Å². The van der Waals surface area contributed by atoms with Crippen molar-refractivity contribution in [3.63, 3.8) is 0 Å². The van der Waals surface area contributed by atoms with E-state index in [1.54, 1.807) is 48.5 Å². The summed E-state index contributed by atoms with van der Waals surface area (Å²) in [7, 11) is -3.87. The van der Waals surface area contributed by atoms with Crippen molar-refractivity contribution in [2.75, 3.05) is 23.9 Å². The van der Waals surface area contributed by atoms with Crippen molar-refractivity contribution >= 4 is 21.6 Å². The number of para-hydroxylation sites is 2. The molecule has 1 fully saturated rings. The number of carbonyl (C=O) groups excluding carboxylic acids is 1. The van der Waals surface area contributed by atoms with Crippen molar-refractivity contribution in [1.82, 2.24) is 10.2 Å². The Hall–Kier alpha value is -3.36. The van der Waals surface area contributed by atoms with Crippen LogP contribution >= 0.6 is 0 Å². The third-order valence-electron chi connectivity index (χ3n) is 6.98. The van der Waals surface area contributed by atoms with Gasteiger partial charge in [-0.2, -0.15) is 0 Å². The first kappa shape index (κ1) is 25.3. The summed E-state index contributed by atoms with van der Waals surface area (Å²) in [5.41, 5.74) is 3.65. The first-order chi connectivity index (χ1) is 17.9. The van der Waals surface area contributed by atoms with Crippen LogP contribution in [-0.2, 0) is 27.9 Å². The lowest BCUT2D eigenvalue weighted by Gasteiger charge is -2.34. The van der Waals surface area contributed by atoms with Gasteiger partial charge < -0.3 is 10.1 Å². The minimum Gasteiger partial charge on any atom is -0.476 e. The van der Waals surface area contributed by atoms with Crippen LogP contribution in [0.3, 0.4) is 0 Å². The van der Waals surface area contributed by atoms with Gasteiger partial charge in [0.25, 0.3) is 15.9 Å². The van der Waals surface area contributed by atoms with E-state index < -0.39 is 16.1 Å². The maximum atomic E-state index is 13.5. The molecule has 0 unspecified atom stereocenters. The second-order valence-electron chi connectivity index (χ2n) is 9.79. The predicted molar refractivity (Wildman–Crippen MR) is 144 cm³/mol. The zero-order valence-electron chi connectivity index (χ0n) is 21.1. The van der Waals surface area contributed by atoms with Crippen LogP contribution in [0.2, 0.25) is 0 Å². The van der Waals surface area contributed by atoms with E-state index in [1.165, 1.54) is 29.1 Å². The summed E-state index contributed by atoms with van der Waals surface area (Å²) in [6.45, 7) is 5.40. The Morgan fingerprint density at radius 3 is 2.32 bits per heavy atom. The molecule has 8 heteroatoms. The fourth-order valence-corrected chi connectivity index (χ4v) is 6.32. The smallest absolute Gasteiger partial charge is 0.264 e. The number of aryl methyl sites for hydroxylation is 1. The third kappa shape index (κ3) is 5.81. The van der Waals surface area contributed by atoms with Gasteiger partial charge in [-0.15, -0.1) is 0 Å². The summed E-state index contributed by atoms with van der Waals surface area (Å²) in [6, 6.07) is 21.9. The summed E-state index contributed by atoms with van der Waals surface area (Å²) in [6.07, 6.45) is 2.89. The molecule has 1 N–H and O–H groups in total. The van der Waals surface area contributed by atoms with Crippen molar-refractivity contribution in [3.05, 3.63) is 89.5 Å². The summed E-state index contributed by atoms with van der Waals surface area (Å²) in [4.78, 5) is 15.8. The van der Waals surface area contributed by atoms with Crippen LogP contribution in [0.15, 0.2) is 77.7 Å². The predicted octanol–water partition coefficient (Wildman–Crippen LogP) is 4.25. The van der Waals surface area contributed by atoms with Crippen molar-refractivity contribution in [1.29, 1.82) is 0 Å². The van der Waals surface area contributed by atoms with E-state index >= 15 is 0 Å². The monoisotopic (exact) mass is 519 g/mol. The molecule has 0 aliphatic carbocycles. The number of carbonyl (C=O) groups is 1. The second-order valence-corrected chi connectivity index (χ2v) is 11.7. The average molecular weight is 520 g/mol. The van der Waals surface area contributed by atoms with Crippen LogP contribution in [-0.4, -0.2) is 45.0 Å². The molecule has 37 heavy (non-hydrogen) atoms. The number of likely N-dealkylation sites (tertiary alicyclic amines) is 1. The lowest BCUT2D eigenvalue weighted by atomic mass is 10.1. The molecule has 194 valence electrons. The number of hydrogen-bond acceptors (Lipinski definition) is 5. The number of fused-ring (bicyclic) bond motifs is 1. The van der Waals surface area contributed by atoms with Gasteiger partial charge in [-0.3, -0.25) is 14.0 Å². The van der Waals surface area contributed by atoms with Gasteiger partial charge >= 0.3 is 0 Å². The Labute approximate surface area is 219 Å². The summed E-state index contributed by atoms with van der Waals surface area (Å²) in [5.74, 6) is 0.0163. The van der Waals surface area contributed by atoms with E-state index in [1.807, 2.05) is 19.1 Å². The van der Waals surface area contributed by atoms with Gasteiger partial charge in [0.1, 0.15) is 5.75 Å². The number of sulfonamides is 1. The molecule has 0 bridgehead atoms. The Morgan fingerprint density at radius 2 is 1.59 bits per heavy atom. The lowest BCUT2D eigenvalue weighted by molar-refractivity contribution is -0.127. The number of benzene rings is 3. The summed E-state index contributed by atoms with van der Waals surface area (Å²) < 4.78 is 34.3. The number of nitrogens with zero attached hydrogens (tertiary/aromatic N) is 2. The fourth-order valence-electron chi connectivity index (χ4n) is 4.85. The molecule has 1 amide bonds. The number of piperidine rings is 1. The quantitative estimate of drug-likeness (QED) is 0.505. The molecule has 0 aromatic heterocycles. The Balaban J connectivity index is 1.26. The highest BCUT2D eigenvalue weighted by Gasteiger charge is 2.37. The molecule has 2 aliphatic rings. The molecular weight excluding hydrogens is 486 g/mol. The van der Waals surface area contributed by atoms with Crippen molar-refractivity contribution in [3.8, 4) is 5.75 Å². The van der Waals surface area contributed by atoms with Gasteiger partial charge in [0.05, 0.1) is 17.1 Å². The second kappa shape index (κ2) is 10.9. The highest BCUT2D eigenvalue weighted by atomic mass is 32.2. The Morgan fingerprint density at radius 1 is 0.919 bits per heavy atom. The summed E-state index contributed by atoms with van der Waals surface area (Å²) in [5, 5.41) is 2.92. The van der Waals surface area contributed by atoms with Gasteiger partial charge in [-0.1, -0.05) is 60.5 Å². The van der Waals surface area contributed by atoms with Crippen LogP contribution in [0.5, 0.6) is 5.75 Å². The number of nitrogens with one attached hydrogen (secondary N) is 1. The zero-order chi connectivity index (χ0) is 25.8. The molecule has 5 rings (SSSR count). The fraction of sp³-hybridized carbons (Fsp3) is 0.345. The van der Waals surface area contributed by atoms with E-state index in [0.717, 1.165) is 30.8 Å². The number of amides is 1. The maximum absolute atomic E-state index is 13.5. The third-order valence-corrected chi connectivity index (χ3v) is 8.77. The molecule has 1 atom stereocenters. The highest BCUT2D eigenvalue weighted by molar-refractivity contribution is 7.92. The van der Waals surface area contributed by atoms with Gasteiger partial charge in [-0.05, 0) is 68.2 Å². The molecule has 3 aromatic rings. The number of hydrogen-bond donors (Lipinski definition) is 1. The van der Waals surface area contributed by atoms with E-state index in [4.69, 9.17) is 4.74 Å². The molecule has 2 aliphatic heterocycles. The number of ether oxygens (including phenoxy) is 1. The molecular formula is C29H33N3O4S. The normalized spacial score (nSPS) is 18.1. The van der Waals surface area contributed by atoms with Crippen LogP contribution in [0.4, 0.5) is 5.69 Å². The molecule has 2 heterocycles. The SMILES string of the molecule is Cc1ccc(S(=O)(=O)N2C[C@H](C(=O)NCc3ccc(CN4CCCCC4)cc3)Oc3ccccc32)cc1. The van der Waals surface area contributed by atoms with E-state index in [-0.39, 0.29) is 17.3 Å². The highest BCUT2D eigenvalue weighted by Crippen LogP contribution is 2.36. The van der Waals surface area contributed by atoms with Crippen LogP contribution in [0, 0.1) is 6.92 Å². The van der Waals surface area contributed by atoms with Gasteiger partial charge in [-0.25, -0.2) is 8.42 Å². The minimum atomic E-state index is -3.87. The standard InChI is InChI=1S/C29H33N3O4S/c1-22-9-15-25(16-10-22)37(34,35)32-21-28(36-27-8-4-3-7-26(27)32)29(33)30-19-23-11-13-24(14-12-23)20-31-17-5-2-6-18-31/h3-4,7-16,28H,2,5-6,17-21H2,1H3,(H,30,33)/t28-/m1/s1. The molecule has 0 spiro atoms. The zero-order valence-corrected chi connectivity index (χ0v) is 21.9. The largest absolute Gasteiger partial charge is 0.476 e. The van der Waals surface area contributed by atoms with Gasteiger partial charge in [0.2, 0.25) is 0 Å². The van der Waals surface area contributed by atoms with Crippen LogP contribution in [0.25, 0.3) is 0 Å². The van der Waals surface area contributed by atoms with Crippen LogP contribution in [0.1, 0.15) is 36.0 Å². The van der Waals surface area contributed by atoms with Gasteiger partial charge in [0, 0.05) is 13.1 Å². The van der Waals surface area contributed by atoms with Crippen LogP contribution < -0.4 is 14.4 Å². The van der Waals surface area contributed by atoms with Crippen molar-refractivity contribution < 1.29 is 17.9 Å². The molecule has 0 saturated carbocycles. The van der Waals surface area contributed by atoms with E-state index in [0.29, 0.717) is 18.0 Å². The minimum absolute atomic E-state index is 0.103. The number of rotatable bonds is 7. The Kier molecular flexibility index (Phi) is 7.48. The first-order valence-electron chi connectivity index (χ1n) is 12.8. The maximum Gasteiger partial charge on any atom is 0.264 e. The average Bonchev–Trinajstić information content (AvgIpc) is 2.92. The van der Waals surface area contributed by atoms with E-state index in [2.05, 4.69) is 22.3 Å². The molecule has 3 aromatic carbocycles. The molecule has 1 saturated heterocycles. The lowest BCUT2D eigenvalue weighted by Crippen LogP contribution is -2.50. The summed E-state index contributed by atoms with van der Waals surface area (Å²) >= 11 is 0. The van der Waals surface area contributed by atoms with Gasteiger partial charge in [0.15, 0.2) is 6.10 Å². The van der Waals surface area contributed by atoms with Crippen molar-refractivity contribution in [2.45, 2.75) is 50.3 Å². The van der Waals surface area contributed by atoms with Crippen molar-refractivity contribution in [2.24, 2.45) is 0 Å². The first-order valence-corrected chi connectivity index (χ1v) is 14.3. The molecule has 7 nitrogen and oxygen atoms in total. The topological polar surface area (TPSA) is 79.0 Å². The number of anilines is 1. The molecule has 0 radical (unpaired) electrons.